The van der Waals surface area contributed by atoms with Crippen LogP contribution in [0, 0.1) is 5.82 Å². The van der Waals surface area contributed by atoms with Gasteiger partial charge in [-0.1, -0.05) is 26.0 Å². The molecule has 0 aliphatic heterocycles. The quantitative estimate of drug-likeness (QED) is 0.873. The summed E-state index contributed by atoms with van der Waals surface area (Å²) >= 11 is 0. The Labute approximate surface area is 138 Å². The summed E-state index contributed by atoms with van der Waals surface area (Å²) in [6.07, 6.45) is 0. The molecule has 1 aromatic carbocycles. The SMILES string of the molecule is CC(C)c1nc(C(=O)NC(C)(C)C(=O)O)nn1-c1ccccc1F. The van der Waals surface area contributed by atoms with Crippen LogP contribution in [0.1, 0.15) is 50.1 Å². The van der Waals surface area contributed by atoms with Crippen molar-refractivity contribution in [1.82, 2.24) is 20.1 Å². The molecule has 2 N–H and O–H groups in total. The maximum absolute atomic E-state index is 14.0. The van der Waals surface area contributed by atoms with Gasteiger partial charge in [0.05, 0.1) is 0 Å². The Balaban J connectivity index is 2.44. The molecule has 0 spiro atoms. The summed E-state index contributed by atoms with van der Waals surface area (Å²) in [7, 11) is 0. The van der Waals surface area contributed by atoms with E-state index in [-0.39, 0.29) is 17.4 Å². The van der Waals surface area contributed by atoms with Crippen LogP contribution >= 0.6 is 0 Å². The first-order chi connectivity index (χ1) is 11.1. The first-order valence-electron chi connectivity index (χ1n) is 7.41. The number of halogens is 1. The zero-order valence-corrected chi connectivity index (χ0v) is 13.9. The number of nitrogens with zero attached hydrogens (tertiary/aromatic N) is 3. The highest BCUT2D eigenvalue weighted by molar-refractivity contribution is 5.94. The molecular formula is C16H19FN4O3. The average Bonchev–Trinajstić information content (AvgIpc) is 2.92. The summed E-state index contributed by atoms with van der Waals surface area (Å²) in [5.41, 5.74) is -1.30. The van der Waals surface area contributed by atoms with Gasteiger partial charge in [0.25, 0.3) is 5.91 Å². The summed E-state index contributed by atoms with van der Waals surface area (Å²) in [5, 5.41) is 15.5. The van der Waals surface area contributed by atoms with E-state index in [0.717, 1.165) is 0 Å². The summed E-state index contributed by atoms with van der Waals surface area (Å²) in [6, 6.07) is 6.01. The van der Waals surface area contributed by atoms with Crippen LogP contribution < -0.4 is 5.32 Å². The van der Waals surface area contributed by atoms with E-state index >= 15 is 0 Å². The van der Waals surface area contributed by atoms with Gasteiger partial charge in [-0.25, -0.2) is 18.9 Å². The predicted molar refractivity (Wildman–Crippen MR) is 84.6 cm³/mol. The highest BCUT2D eigenvalue weighted by atomic mass is 19.1. The monoisotopic (exact) mass is 334 g/mol. The molecule has 0 saturated heterocycles. The van der Waals surface area contributed by atoms with E-state index in [4.69, 9.17) is 5.11 Å². The van der Waals surface area contributed by atoms with E-state index in [1.165, 1.54) is 30.7 Å². The second kappa shape index (κ2) is 6.38. The molecule has 0 aliphatic rings. The third-order valence-electron chi connectivity index (χ3n) is 3.39. The van der Waals surface area contributed by atoms with E-state index in [0.29, 0.717) is 5.82 Å². The van der Waals surface area contributed by atoms with Gasteiger partial charge in [-0.3, -0.25) is 4.79 Å². The minimum atomic E-state index is -1.47. The fraction of sp³-hybridized carbons (Fsp3) is 0.375. The molecule has 1 amide bonds. The number of aromatic nitrogens is 3. The highest BCUT2D eigenvalue weighted by Crippen LogP contribution is 2.19. The Morgan fingerprint density at radius 3 is 2.46 bits per heavy atom. The van der Waals surface area contributed by atoms with E-state index < -0.39 is 23.2 Å². The minimum absolute atomic E-state index is 0.119. The zero-order chi connectivity index (χ0) is 18.1. The van der Waals surface area contributed by atoms with E-state index in [2.05, 4.69) is 15.4 Å². The van der Waals surface area contributed by atoms with Crippen LogP contribution in [0.25, 0.3) is 5.69 Å². The molecule has 7 nitrogen and oxygen atoms in total. The molecule has 0 fully saturated rings. The molecule has 0 radical (unpaired) electrons. The second-order valence-corrected chi connectivity index (χ2v) is 6.20. The van der Waals surface area contributed by atoms with Crippen molar-refractivity contribution in [1.29, 1.82) is 0 Å². The van der Waals surface area contributed by atoms with Crippen LogP contribution in [0.5, 0.6) is 0 Å². The zero-order valence-electron chi connectivity index (χ0n) is 13.9. The second-order valence-electron chi connectivity index (χ2n) is 6.20. The van der Waals surface area contributed by atoms with Gasteiger partial charge in [0.15, 0.2) is 0 Å². The number of carbonyl (C=O) groups excluding carboxylic acids is 1. The maximum Gasteiger partial charge on any atom is 0.328 e. The Morgan fingerprint density at radius 1 is 1.29 bits per heavy atom. The summed E-state index contributed by atoms with van der Waals surface area (Å²) in [6.45, 7) is 6.38. The lowest BCUT2D eigenvalue weighted by molar-refractivity contribution is -0.143. The smallest absolute Gasteiger partial charge is 0.328 e. The van der Waals surface area contributed by atoms with Crippen molar-refractivity contribution in [2.45, 2.75) is 39.2 Å². The number of nitrogens with one attached hydrogen (secondary N) is 1. The fourth-order valence-corrected chi connectivity index (χ4v) is 1.99. The molecule has 1 aromatic heterocycles. The molecular weight excluding hydrogens is 315 g/mol. The lowest BCUT2D eigenvalue weighted by atomic mass is 10.1. The van der Waals surface area contributed by atoms with Crippen LogP contribution in [-0.4, -0.2) is 37.3 Å². The summed E-state index contributed by atoms with van der Waals surface area (Å²) < 4.78 is 15.3. The van der Waals surface area contributed by atoms with Crippen LogP contribution in [-0.2, 0) is 4.79 Å². The van der Waals surface area contributed by atoms with Gasteiger partial charge < -0.3 is 10.4 Å². The van der Waals surface area contributed by atoms with Crippen molar-refractivity contribution in [3.05, 3.63) is 41.7 Å². The number of carboxylic acids is 1. The van der Waals surface area contributed by atoms with Gasteiger partial charge in [-0.2, -0.15) is 0 Å². The third-order valence-corrected chi connectivity index (χ3v) is 3.39. The molecule has 0 bridgehead atoms. The van der Waals surface area contributed by atoms with Crippen molar-refractivity contribution in [3.8, 4) is 5.69 Å². The molecule has 24 heavy (non-hydrogen) atoms. The molecule has 128 valence electrons. The molecule has 8 heteroatoms. The predicted octanol–water partition coefficient (Wildman–Crippen LogP) is 2.12. The molecule has 2 aromatic rings. The molecule has 0 saturated carbocycles. The van der Waals surface area contributed by atoms with Gasteiger partial charge >= 0.3 is 5.97 Å². The standard InChI is InChI=1S/C16H19FN4O3/c1-9(2)13-18-12(14(22)19-16(3,4)15(23)24)20-21(13)11-8-6-5-7-10(11)17/h5-9H,1-4H3,(H,19,22)(H,23,24). The van der Waals surface area contributed by atoms with Crippen LogP contribution in [0.2, 0.25) is 0 Å². The third kappa shape index (κ3) is 3.42. The summed E-state index contributed by atoms with van der Waals surface area (Å²) in [4.78, 5) is 27.5. The van der Waals surface area contributed by atoms with Crippen molar-refractivity contribution in [2.75, 3.05) is 0 Å². The minimum Gasteiger partial charge on any atom is -0.480 e. The van der Waals surface area contributed by atoms with Gasteiger partial charge in [0.1, 0.15) is 22.9 Å². The number of para-hydroxylation sites is 1. The lowest BCUT2D eigenvalue weighted by Gasteiger charge is -2.19. The maximum atomic E-state index is 14.0. The van der Waals surface area contributed by atoms with Crippen molar-refractivity contribution >= 4 is 11.9 Å². The van der Waals surface area contributed by atoms with E-state index in [1.807, 2.05) is 13.8 Å². The first kappa shape index (κ1) is 17.6. The number of benzene rings is 1. The van der Waals surface area contributed by atoms with Gasteiger partial charge in [-0.05, 0) is 26.0 Å². The highest BCUT2D eigenvalue weighted by Gasteiger charge is 2.31. The van der Waals surface area contributed by atoms with Gasteiger partial charge in [-0.15, -0.1) is 5.10 Å². The number of carbonyl (C=O) groups is 2. The normalized spacial score (nSPS) is 11.6. The Morgan fingerprint density at radius 2 is 1.92 bits per heavy atom. The number of hydrogen-bond acceptors (Lipinski definition) is 4. The van der Waals surface area contributed by atoms with E-state index in [1.54, 1.807) is 12.1 Å². The number of hydrogen-bond donors (Lipinski definition) is 2. The Kier molecular flexibility index (Phi) is 4.68. The van der Waals surface area contributed by atoms with Gasteiger partial charge in [0.2, 0.25) is 5.82 Å². The van der Waals surface area contributed by atoms with E-state index in [9.17, 15) is 14.0 Å². The van der Waals surface area contributed by atoms with Crippen LogP contribution in [0.4, 0.5) is 4.39 Å². The van der Waals surface area contributed by atoms with Gasteiger partial charge in [0, 0.05) is 5.92 Å². The van der Waals surface area contributed by atoms with Crippen molar-refractivity contribution < 1.29 is 19.1 Å². The Bertz CT molecular complexity index is 783. The van der Waals surface area contributed by atoms with Crippen LogP contribution in [0.3, 0.4) is 0 Å². The molecule has 0 unspecified atom stereocenters. The fourth-order valence-electron chi connectivity index (χ4n) is 1.99. The number of rotatable bonds is 5. The molecule has 2 rings (SSSR count). The summed E-state index contributed by atoms with van der Waals surface area (Å²) in [5.74, 6) is -2.35. The topological polar surface area (TPSA) is 97.1 Å². The lowest BCUT2D eigenvalue weighted by Crippen LogP contribution is -2.49. The largest absolute Gasteiger partial charge is 0.480 e. The number of amides is 1. The molecule has 1 heterocycles. The van der Waals surface area contributed by atoms with Crippen LogP contribution in [0.15, 0.2) is 24.3 Å². The van der Waals surface area contributed by atoms with Crippen molar-refractivity contribution in [3.63, 3.8) is 0 Å². The molecule has 0 aliphatic carbocycles. The first-order valence-corrected chi connectivity index (χ1v) is 7.41. The van der Waals surface area contributed by atoms with Crippen molar-refractivity contribution in [2.24, 2.45) is 0 Å². The Hall–Kier alpha value is -2.77. The number of carboxylic acid groups (broad SMARTS) is 1. The molecule has 0 atom stereocenters. The number of aliphatic carboxylic acids is 1. The average molecular weight is 334 g/mol.